The van der Waals surface area contributed by atoms with E-state index < -0.39 is 0 Å². The summed E-state index contributed by atoms with van der Waals surface area (Å²) >= 11 is 6.02. The molecule has 3 heterocycles. The van der Waals surface area contributed by atoms with Crippen LogP contribution in [0.3, 0.4) is 0 Å². The van der Waals surface area contributed by atoms with E-state index in [9.17, 15) is 9.59 Å². The Bertz CT molecular complexity index is 1060. The zero-order chi connectivity index (χ0) is 20.2. The summed E-state index contributed by atoms with van der Waals surface area (Å²) in [6, 6.07) is 10.8. The summed E-state index contributed by atoms with van der Waals surface area (Å²) in [5.41, 5.74) is 1.33. The van der Waals surface area contributed by atoms with Crippen LogP contribution in [0.2, 0.25) is 5.02 Å². The summed E-state index contributed by atoms with van der Waals surface area (Å²) in [7, 11) is 0. The van der Waals surface area contributed by atoms with E-state index in [-0.39, 0.29) is 17.5 Å². The van der Waals surface area contributed by atoms with Crippen molar-refractivity contribution in [1.82, 2.24) is 25.0 Å². The number of rotatable bonds is 6. The minimum Gasteiger partial charge on any atom is -0.351 e. The van der Waals surface area contributed by atoms with Crippen molar-refractivity contribution in [2.24, 2.45) is 0 Å². The number of hydrogen-bond donors (Lipinski definition) is 2. The predicted molar refractivity (Wildman–Crippen MR) is 113 cm³/mol. The molecule has 1 atom stereocenters. The molecular weight excluding hydrogens is 390 g/mol. The Hall–Kier alpha value is -2.64. The molecule has 7 nitrogen and oxygen atoms in total. The number of likely N-dealkylation sites (tertiary alicyclic amines) is 1. The van der Waals surface area contributed by atoms with Crippen molar-refractivity contribution < 1.29 is 4.79 Å². The Kier molecular flexibility index (Phi) is 5.97. The predicted octanol–water partition coefficient (Wildman–Crippen LogP) is 2.66. The minimum absolute atomic E-state index is 0.0896. The van der Waals surface area contributed by atoms with Gasteiger partial charge in [-0.25, -0.2) is 4.68 Å². The number of carbonyl (C=O) groups is 1. The number of aromatic amines is 1. The van der Waals surface area contributed by atoms with Gasteiger partial charge in [0.25, 0.3) is 11.5 Å². The lowest BCUT2D eigenvalue weighted by atomic mass is 10.0. The first-order valence-corrected chi connectivity index (χ1v) is 10.3. The molecule has 4 rings (SSSR count). The molecule has 3 aromatic rings. The number of piperidine rings is 1. The lowest BCUT2D eigenvalue weighted by Gasteiger charge is -2.35. The summed E-state index contributed by atoms with van der Waals surface area (Å²) in [6.07, 6.45) is 4.93. The van der Waals surface area contributed by atoms with Crippen molar-refractivity contribution in [3.8, 4) is 0 Å². The normalized spacial score (nSPS) is 17.5. The van der Waals surface area contributed by atoms with Crippen LogP contribution in [0.4, 0.5) is 0 Å². The Morgan fingerprint density at radius 1 is 1.24 bits per heavy atom. The highest BCUT2D eigenvalue weighted by Gasteiger charge is 2.23. The monoisotopic (exact) mass is 413 g/mol. The molecule has 1 aromatic carbocycles. The van der Waals surface area contributed by atoms with E-state index in [2.05, 4.69) is 20.3 Å². The van der Waals surface area contributed by atoms with Gasteiger partial charge in [0.1, 0.15) is 5.69 Å². The second kappa shape index (κ2) is 8.80. The maximum atomic E-state index is 12.6. The molecule has 1 aliphatic heterocycles. The van der Waals surface area contributed by atoms with Gasteiger partial charge in [-0.05, 0) is 49.7 Å². The Balaban J connectivity index is 1.36. The van der Waals surface area contributed by atoms with Crippen molar-refractivity contribution in [3.63, 3.8) is 0 Å². The van der Waals surface area contributed by atoms with Crippen molar-refractivity contribution in [1.29, 1.82) is 0 Å². The lowest BCUT2D eigenvalue weighted by molar-refractivity contribution is 0.0905. The average molecular weight is 414 g/mol. The summed E-state index contributed by atoms with van der Waals surface area (Å²) in [5, 5.41) is 8.74. The first kappa shape index (κ1) is 19.7. The molecule has 2 N–H and O–H groups in total. The molecule has 0 bridgehead atoms. The molecule has 29 heavy (non-hydrogen) atoms. The number of nitrogens with zero attached hydrogens (tertiary/aromatic N) is 3. The zero-order valence-electron chi connectivity index (χ0n) is 16.1. The third-order valence-electron chi connectivity index (χ3n) is 5.46. The Labute approximate surface area is 173 Å². The third-order valence-corrected chi connectivity index (χ3v) is 5.69. The van der Waals surface area contributed by atoms with E-state index >= 15 is 0 Å². The smallest absolute Gasteiger partial charge is 0.267 e. The van der Waals surface area contributed by atoms with Crippen molar-refractivity contribution in [2.75, 3.05) is 19.6 Å². The number of nitrogens with one attached hydrogen (secondary N) is 2. The molecule has 0 aliphatic carbocycles. The van der Waals surface area contributed by atoms with E-state index in [0.717, 1.165) is 43.3 Å². The topological polar surface area (TPSA) is 83.0 Å². The number of H-pyrrole nitrogens is 1. The van der Waals surface area contributed by atoms with Gasteiger partial charge in [-0.15, -0.1) is 0 Å². The average Bonchev–Trinajstić information content (AvgIpc) is 3.15. The quantitative estimate of drug-likeness (QED) is 0.650. The summed E-state index contributed by atoms with van der Waals surface area (Å²) in [6.45, 7) is 2.83. The fourth-order valence-electron chi connectivity index (χ4n) is 3.90. The van der Waals surface area contributed by atoms with Crippen LogP contribution in [-0.2, 0) is 6.54 Å². The van der Waals surface area contributed by atoms with Crippen LogP contribution in [0.5, 0.6) is 0 Å². The fourth-order valence-corrected chi connectivity index (χ4v) is 4.08. The number of hydrogen-bond acceptors (Lipinski definition) is 4. The summed E-state index contributed by atoms with van der Waals surface area (Å²) in [5.74, 6) is -0.121. The number of amides is 1. The van der Waals surface area contributed by atoms with Gasteiger partial charge in [-0.1, -0.05) is 18.0 Å². The molecule has 1 saturated heterocycles. The van der Waals surface area contributed by atoms with Gasteiger partial charge in [0.05, 0.1) is 6.54 Å². The second-order valence-corrected chi connectivity index (χ2v) is 7.83. The standard InChI is InChI=1S/C21H24ClN5O2/c22-16-6-7-18-15(12-16)13-19(25-18)21(29)23-14-17-4-1-2-9-26(17)10-11-27-20(28)5-3-8-24-27/h3,5-8,12-13,17,25H,1-2,4,9-11,14H2,(H,23,29). The van der Waals surface area contributed by atoms with E-state index in [4.69, 9.17) is 11.6 Å². The van der Waals surface area contributed by atoms with Gasteiger partial charge in [0.2, 0.25) is 0 Å². The van der Waals surface area contributed by atoms with Crippen molar-refractivity contribution >= 4 is 28.4 Å². The second-order valence-electron chi connectivity index (χ2n) is 7.40. The number of fused-ring (bicyclic) bond motifs is 1. The molecule has 8 heteroatoms. The first-order chi connectivity index (χ1) is 14.1. The largest absolute Gasteiger partial charge is 0.351 e. The Morgan fingerprint density at radius 3 is 3.00 bits per heavy atom. The molecule has 1 amide bonds. The molecule has 152 valence electrons. The zero-order valence-corrected chi connectivity index (χ0v) is 16.9. The van der Waals surface area contributed by atoms with Crippen LogP contribution >= 0.6 is 11.6 Å². The molecule has 1 aliphatic rings. The summed E-state index contributed by atoms with van der Waals surface area (Å²) in [4.78, 5) is 30.0. The van der Waals surface area contributed by atoms with Crippen LogP contribution < -0.4 is 10.9 Å². The van der Waals surface area contributed by atoms with Gasteiger partial charge < -0.3 is 10.3 Å². The first-order valence-electron chi connectivity index (χ1n) is 9.93. The molecule has 0 spiro atoms. The highest BCUT2D eigenvalue weighted by molar-refractivity contribution is 6.31. The Morgan fingerprint density at radius 2 is 2.14 bits per heavy atom. The SMILES string of the molecule is O=C(NCC1CCCCN1CCn1ncccc1=O)c1cc2cc(Cl)ccc2[nH]1. The maximum absolute atomic E-state index is 12.6. The van der Waals surface area contributed by atoms with Gasteiger partial charge in [-0.2, -0.15) is 5.10 Å². The van der Waals surface area contributed by atoms with Crippen LogP contribution in [0.1, 0.15) is 29.8 Å². The van der Waals surface area contributed by atoms with Gasteiger partial charge >= 0.3 is 0 Å². The van der Waals surface area contributed by atoms with E-state index in [1.807, 2.05) is 18.2 Å². The molecule has 0 saturated carbocycles. The highest BCUT2D eigenvalue weighted by Crippen LogP contribution is 2.20. The number of carbonyl (C=O) groups excluding carboxylic acids is 1. The van der Waals surface area contributed by atoms with Crippen molar-refractivity contribution in [2.45, 2.75) is 31.8 Å². The number of halogens is 1. The minimum atomic E-state index is -0.121. The van der Waals surface area contributed by atoms with E-state index in [1.54, 1.807) is 18.3 Å². The molecule has 2 aromatic heterocycles. The van der Waals surface area contributed by atoms with Crippen LogP contribution in [0.15, 0.2) is 47.4 Å². The molecule has 1 unspecified atom stereocenters. The fraction of sp³-hybridized carbons (Fsp3) is 0.381. The lowest BCUT2D eigenvalue weighted by Crippen LogP contribution is -2.48. The van der Waals surface area contributed by atoms with E-state index in [0.29, 0.717) is 23.8 Å². The van der Waals surface area contributed by atoms with Gasteiger partial charge in [0, 0.05) is 47.3 Å². The number of benzene rings is 1. The highest BCUT2D eigenvalue weighted by atomic mass is 35.5. The van der Waals surface area contributed by atoms with Gasteiger partial charge in [0.15, 0.2) is 0 Å². The van der Waals surface area contributed by atoms with Crippen molar-refractivity contribution in [3.05, 3.63) is 63.7 Å². The molecular formula is C21H24ClN5O2. The van der Waals surface area contributed by atoms with Crippen LogP contribution in [0, 0.1) is 0 Å². The van der Waals surface area contributed by atoms with Crippen LogP contribution in [-0.4, -0.2) is 51.2 Å². The maximum Gasteiger partial charge on any atom is 0.267 e. The van der Waals surface area contributed by atoms with E-state index in [1.165, 1.54) is 10.7 Å². The van der Waals surface area contributed by atoms with Crippen LogP contribution in [0.25, 0.3) is 10.9 Å². The number of aromatic nitrogens is 3. The third kappa shape index (κ3) is 4.68. The summed E-state index contributed by atoms with van der Waals surface area (Å²) < 4.78 is 1.49. The molecule has 1 fully saturated rings. The molecule has 0 radical (unpaired) electrons. The van der Waals surface area contributed by atoms with Gasteiger partial charge in [-0.3, -0.25) is 14.5 Å².